The van der Waals surface area contributed by atoms with Crippen LogP contribution in [0.5, 0.6) is 0 Å². The van der Waals surface area contributed by atoms with Crippen molar-refractivity contribution >= 4 is 0 Å². The molecule has 0 fully saturated rings. The van der Waals surface area contributed by atoms with Gasteiger partial charge in [-0.3, -0.25) is 0 Å². The van der Waals surface area contributed by atoms with Crippen LogP contribution in [0.25, 0.3) is 11.3 Å². The van der Waals surface area contributed by atoms with E-state index in [1.54, 1.807) is 0 Å². The second-order valence-electron chi connectivity index (χ2n) is 6.38. The summed E-state index contributed by atoms with van der Waals surface area (Å²) in [6, 6.07) is 6.54. The Balaban J connectivity index is 1.90. The van der Waals surface area contributed by atoms with Crippen LogP contribution >= 0.6 is 0 Å². The summed E-state index contributed by atoms with van der Waals surface area (Å²) < 4.78 is 5.56. The highest BCUT2D eigenvalue weighted by molar-refractivity contribution is 5.73. The van der Waals surface area contributed by atoms with E-state index in [1.807, 2.05) is 0 Å². The summed E-state index contributed by atoms with van der Waals surface area (Å²) in [5, 5.41) is 7.70. The highest BCUT2D eigenvalue weighted by Crippen LogP contribution is 2.38. The van der Waals surface area contributed by atoms with E-state index in [0.29, 0.717) is 0 Å². The SMILES string of the molecule is Cc1ccc2c(c1)-c1onc(CNC(C)(C)C)c1C2. The van der Waals surface area contributed by atoms with Gasteiger partial charge in [0, 0.05) is 29.6 Å². The molecule has 3 nitrogen and oxygen atoms in total. The molecule has 0 amide bonds. The normalized spacial score (nSPS) is 13.5. The Morgan fingerprint density at radius 3 is 2.84 bits per heavy atom. The fraction of sp³-hybridized carbons (Fsp3) is 0.438. The summed E-state index contributed by atoms with van der Waals surface area (Å²) in [6.45, 7) is 9.34. The fourth-order valence-corrected chi connectivity index (χ4v) is 2.47. The predicted molar refractivity (Wildman–Crippen MR) is 76.1 cm³/mol. The van der Waals surface area contributed by atoms with Crippen LogP contribution in [-0.4, -0.2) is 10.7 Å². The van der Waals surface area contributed by atoms with E-state index in [9.17, 15) is 0 Å². The molecule has 1 N–H and O–H groups in total. The Labute approximate surface area is 114 Å². The Kier molecular flexibility index (Phi) is 2.75. The van der Waals surface area contributed by atoms with Crippen LogP contribution in [0, 0.1) is 6.92 Å². The molecule has 1 aromatic heterocycles. The van der Waals surface area contributed by atoms with Gasteiger partial charge in [-0.05, 0) is 39.3 Å². The average molecular weight is 256 g/mol. The van der Waals surface area contributed by atoms with Crippen molar-refractivity contribution in [2.75, 3.05) is 0 Å². The molecule has 3 rings (SSSR count). The quantitative estimate of drug-likeness (QED) is 0.763. The Morgan fingerprint density at radius 1 is 1.32 bits per heavy atom. The molecule has 100 valence electrons. The molecule has 19 heavy (non-hydrogen) atoms. The zero-order valence-electron chi connectivity index (χ0n) is 12.0. The number of aryl methyl sites for hydroxylation is 1. The number of nitrogens with one attached hydrogen (secondary N) is 1. The van der Waals surface area contributed by atoms with Gasteiger partial charge in [-0.25, -0.2) is 0 Å². The van der Waals surface area contributed by atoms with Gasteiger partial charge in [-0.2, -0.15) is 0 Å². The lowest BCUT2D eigenvalue weighted by Crippen LogP contribution is -2.35. The first kappa shape index (κ1) is 12.4. The van der Waals surface area contributed by atoms with Crippen LogP contribution in [0.2, 0.25) is 0 Å². The van der Waals surface area contributed by atoms with Crippen LogP contribution in [0.4, 0.5) is 0 Å². The lowest BCUT2D eigenvalue weighted by Gasteiger charge is -2.19. The van der Waals surface area contributed by atoms with Gasteiger partial charge in [-0.15, -0.1) is 0 Å². The summed E-state index contributed by atoms with van der Waals surface area (Å²) in [5.74, 6) is 0.962. The first-order valence-electron chi connectivity index (χ1n) is 6.76. The molecule has 0 saturated heterocycles. The number of hydrogen-bond acceptors (Lipinski definition) is 3. The zero-order valence-corrected chi connectivity index (χ0v) is 12.0. The van der Waals surface area contributed by atoms with Crippen molar-refractivity contribution in [1.82, 2.24) is 10.5 Å². The lowest BCUT2D eigenvalue weighted by molar-refractivity contribution is 0.392. The van der Waals surface area contributed by atoms with Crippen molar-refractivity contribution in [3.63, 3.8) is 0 Å². The number of hydrogen-bond donors (Lipinski definition) is 1. The van der Waals surface area contributed by atoms with E-state index in [2.05, 4.69) is 56.4 Å². The van der Waals surface area contributed by atoms with E-state index in [4.69, 9.17) is 4.52 Å². The highest BCUT2D eigenvalue weighted by atomic mass is 16.5. The third kappa shape index (κ3) is 2.30. The predicted octanol–water partition coefficient (Wildman–Crippen LogP) is 3.44. The second kappa shape index (κ2) is 4.20. The van der Waals surface area contributed by atoms with E-state index in [-0.39, 0.29) is 5.54 Å². The van der Waals surface area contributed by atoms with Crippen LogP contribution in [0.3, 0.4) is 0 Å². The molecule has 0 spiro atoms. The van der Waals surface area contributed by atoms with Gasteiger partial charge in [0.15, 0.2) is 5.76 Å². The van der Waals surface area contributed by atoms with Crippen molar-refractivity contribution in [3.8, 4) is 11.3 Å². The molecule has 2 aromatic rings. The largest absolute Gasteiger partial charge is 0.356 e. The third-order valence-corrected chi connectivity index (χ3v) is 3.53. The number of fused-ring (bicyclic) bond motifs is 3. The van der Waals surface area contributed by atoms with Gasteiger partial charge in [0.1, 0.15) is 5.69 Å². The van der Waals surface area contributed by atoms with Crippen molar-refractivity contribution in [2.45, 2.75) is 46.2 Å². The molecular formula is C16H20N2O. The molecule has 1 aromatic carbocycles. The van der Waals surface area contributed by atoms with Crippen molar-refractivity contribution in [2.24, 2.45) is 0 Å². The van der Waals surface area contributed by atoms with Crippen molar-refractivity contribution in [1.29, 1.82) is 0 Å². The minimum absolute atomic E-state index is 0.0911. The molecule has 0 atom stereocenters. The lowest BCUT2D eigenvalue weighted by atomic mass is 10.1. The summed E-state index contributed by atoms with van der Waals surface area (Å²) >= 11 is 0. The Bertz CT molecular complexity index is 620. The molecule has 3 heteroatoms. The Hall–Kier alpha value is -1.61. The van der Waals surface area contributed by atoms with E-state index >= 15 is 0 Å². The van der Waals surface area contributed by atoms with Gasteiger partial charge in [0.25, 0.3) is 0 Å². The summed E-state index contributed by atoms with van der Waals surface area (Å²) in [6.07, 6.45) is 0.940. The average Bonchev–Trinajstić information content (AvgIpc) is 2.84. The van der Waals surface area contributed by atoms with Gasteiger partial charge in [0.05, 0.1) is 0 Å². The summed E-state index contributed by atoms with van der Waals surface area (Å²) in [4.78, 5) is 0. The standard InChI is InChI=1S/C16H20N2O/c1-10-5-6-11-8-13-14(9-17-16(2,3)4)18-19-15(13)12(11)7-10/h5-7,17H,8-9H2,1-4H3. The summed E-state index contributed by atoms with van der Waals surface area (Å²) in [7, 11) is 0. The van der Waals surface area contributed by atoms with E-state index < -0.39 is 0 Å². The Morgan fingerprint density at radius 2 is 2.11 bits per heavy atom. The van der Waals surface area contributed by atoms with Gasteiger partial charge >= 0.3 is 0 Å². The first-order valence-corrected chi connectivity index (χ1v) is 6.76. The van der Waals surface area contributed by atoms with E-state index in [1.165, 1.54) is 22.3 Å². The number of nitrogens with zero attached hydrogens (tertiary/aromatic N) is 1. The minimum atomic E-state index is 0.0911. The van der Waals surface area contributed by atoms with Crippen molar-refractivity contribution < 1.29 is 4.52 Å². The maximum absolute atomic E-state index is 5.56. The molecule has 1 aliphatic carbocycles. The van der Waals surface area contributed by atoms with Crippen molar-refractivity contribution in [3.05, 3.63) is 40.6 Å². The van der Waals surface area contributed by atoms with Crippen LogP contribution in [0.15, 0.2) is 22.7 Å². The smallest absolute Gasteiger partial charge is 0.170 e. The fourth-order valence-electron chi connectivity index (χ4n) is 2.47. The maximum Gasteiger partial charge on any atom is 0.170 e. The van der Waals surface area contributed by atoms with Gasteiger partial charge < -0.3 is 9.84 Å². The molecule has 0 radical (unpaired) electrons. The topological polar surface area (TPSA) is 38.1 Å². The molecule has 0 unspecified atom stereocenters. The molecular weight excluding hydrogens is 236 g/mol. The number of rotatable bonds is 2. The molecule has 0 aliphatic heterocycles. The van der Waals surface area contributed by atoms with Gasteiger partial charge in [-0.1, -0.05) is 22.9 Å². The van der Waals surface area contributed by atoms with Gasteiger partial charge in [0.2, 0.25) is 0 Å². The van der Waals surface area contributed by atoms with Crippen LogP contribution in [0.1, 0.15) is 43.2 Å². The summed E-state index contributed by atoms with van der Waals surface area (Å²) in [5.41, 5.74) is 6.20. The first-order chi connectivity index (χ1) is 8.94. The molecule has 1 heterocycles. The zero-order chi connectivity index (χ0) is 13.6. The number of benzene rings is 1. The number of aromatic nitrogens is 1. The molecule has 0 bridgehead atoms. The van der Waals surface area contributed by atoms with Crippen LogP contribution in [-0.2, 0) is 13.0 Å². The minimum Gasteiger partial charge on any atom is -0.356 e. The monoisotopic (exact) mass is 256 g/mol. The second-order valence-corrected chi connectivity index (χ2v) is 6.38. The van der Waals surface area contributed by atoms with Crippen LogP contribution < -0.4 is 5.32 Å². The maximum atomic E-state index is 5.56. The third-order valence-electron chi connectivity index (χ3n) is 3.53. The highest BCUT2D eigenvalue weighted by Gasteiger charge is 2.27. The van der Waals surface area contributed by atoms with E-state index in [0.717, 1.165) is 24.4 Å². The molecule has 0 saturated carbocycles. The molecule has 1 aliphatic rings.